The van der Waals surface area contributed by atoms with Crippen molar-refractivity contribution in [3.05, 3.63) is 29.6 Å². The lowest BCUT2D eigenvalue weighted by Gasteiger charge is -2.08. The summed E-state index contributed by atoms with van der Waals surface area (Å²) in [5.74, 6) is -0.867. The average molecular weight is 240 g/mol. The van der Waals surface area contributed by atoms with Crippen LogP contribution in [0.15, 0.2) is 18.2 Å². The topological polar surface area (TPSA) is 35.5 Å². The molecule has 0 aliphatic carbocycles. The maximum Gasteiger partial charge on any atom is 0.344 e. The molecule has 1 aromatic rings. The van der Waals surface area contributed by atoms with Gasteiger partial charge >= 0.3 is 5.97 Å². The molecule has 0 aliphatic rings. The molecule has 0 saturated carbocycles. The zero-order valence-corrected chi connectivity index (χ0v) is 10.2. The average Bonchev–Trinajstić information content (AvgIpc) is 2.31. The minimum atomic E-state index is -0.475. The number of halogens is 1. The molecule has 0 fully saturated rings. The fourth-order valence-electron chi connectivity index (χ4n) is 1.23. The molecule has 1 rings (SSSR count). The zero-order chi connectivity index (χ0) is 12.7. The van der Waals surface area contributed by atoms with Crippen molar-refractivity contribution in [1.82, 2.24) is 0 Å². The molecule has 17 heavy (non-hydrogen) atoms. The van der Waals surface area contributed by atoms with E-state index in [0.29, 0.717) is 6.61 Å². The summed E-state index contributed by atoms with van der Waals surface area (Å²) in [4.78, 5) is 11.2. The van der Waals surface area contributed by atoms with Gasteiger partial charge in [-0.2, -0.15) is 0 Å². The van der Waals surface area contributed by atoms with Crippen LogP contribution in [0.25, 0.3) is 0 Å². The monoisotopic (exact) mass is 240 g/mol. The third kappa shape index (κ3) is 4.85. The zero-order valence-electron chi connectivity index (χ0n) is 10.2. The van der Waals surface area contributed by atoms with Crippen molar-refractivity contribution in [3.8, 4) is 5.75 Å². The van der Waals surface area contributed by atoms with E-state index in [-0.39, 0.29) is 12.4 Å². The molecule has 0 radical (unpaired) electrons. The lowest BCUT2D eigenvalue weighted by molar-refractivity contribution is -0.146. The number of carbonyl (C=O) groups excluding carboxylic acids is 1. The van der Waals surface area contributed by atoms with Crippen molar-refractivity contribution in [2.45, 2.75) is 26.7 Å². The first-order chi connectivity index (χ1) is 8.13. The SMILES string of the molecule is CCCCOC(=O)COc1cc(C)ccc1F. The number of unbranched alkanes of at least 4 members (excludes halogenated alkanes) is 1. The molecule has 1 aromatic carbocycles. The van der Waals surface area contributed by atoms with Gasteiger partial charge in [0.25, 0.3) is 0 Å². The van der Waals surface area contributed by atoms with Gasteiger partial charge in [0, 0.05) is 0 Å². The van der Waals surface area contributed by atoms with Crippen LogP contribution in [-0.4, -0.2) is 19.2 Å². The molecule has 94 valence electrons. The number of carbonyl (C=O) groups is 1. The van der Waals surface area contributed by atoms with E-state index < -0.39 is 11.8 Å². The van der Waals surface area contributed by atoms with Gasteiger partial charge in [-0.25, -0.2) is 9.18 Å². The number of rotatable bonds is 6. The predicted octanol–water partition coefficient (Wildman–Crippen LogP) is 2.86. The highest BCUT2D eigenvalue weighted by Crippen LogP contribution is 2.18. The van der Waals surface area contributed by atoms with E-state index in [4.69, 9.17) is 9.47 Å². The van der Waals surface area contributed by atoms with Gasteiger partial charge in [-0.15, -0.1) is 0 Å². The Labute approximate surface area is 101 Å². The molecule has 0 heterocycles. The lowest BCUT2D eigenvalue weighted by Crippen LogP contribution is -2.16. The number of benzene rings is 1. The molecule has 3 nitrogen and oxygen atoms in total. The summed E-state index contributed by atoms with van der Waals surface area (Å²) in [5.41, 5.74) is 0.876. The Morgan fingerprint density at radius 3 is 2.88 bits per heavy atom. The summed E-state index contributed by atoms with van der Waals surface area (Å²) in [6, 6.07) is 4.50. The number of hydrogen-bond acceptors (Lipinski definition) is 3. The van der Waals surface area contributed by atoms with Gasteiger partial charge in [-0.05, 0) is 31.0 Å². The molecule has 0 aromatic heterocycles. The molecule has 0 unspecified atom stereocenters. The summed E-state index contributed by atoms with van der Waals surface area (Å²) < 4.78 is 23.2. The smallest absolute Gasteiger partial charge is 0.344 e. The lowest BCUT2D eigenvalue weighted by atomic mass is 10.2. The molecule has 0 atom stereocenters. The van der Waals surface area contributed by atoms with Gasteiger partial charge in [-0.3, -0.25) is 0 Å². The van der Waals surface area contributed by atoms with E-state index in [0.717, 1.165) is 18.4 Å². The molecule has 0 saturated heterocycles. The highest BCUT2D eigenvalue weighted by atomic mass is 19.1. The normalized spacial score (nSPS) is 10.1. The first-order valence-corrected chi connectivity index (χ1v) is 5.68. The van der Waals surface area contributed by atoms with Gasteiger partial charge in [0.15, 0.2) is 18.2 Å². The van der Waals surface area contributed by atoms with E-state index in [2.05, 4.69) is 0 Å². The Hall–Kier alpha value is -1.58. The summed E-state index contributed by atoms with van der Waals surface area (Å²) >= 11 is 0. The van der Waals surface area contributed by atoms with Gasteiger partial charge in [0.1, 0.15) is 0 Å². The Morgan fingerprint density at radius 1 is 1.41 bits per heavy atom. The van der Waals surface area contributed by atoms with Crippen LogP contribution in [0.4, 0.5) is 4.39 Å². The second kappa shape index (κ2) is 6.89. The number of aryl methyl sites for hydroxylation is 1. The Bertz CT molecular complexity index is 377. The van der Waals surface area contributed by atoms with Crippen LogP contribution in [0.5, 0.6) is 5.75 Å². The Morgan fingerprint density at radius 2 is 2.18 bits per heavy atom. The number of hydrogen-bond donors (Lipinski definition) is 0. The third-order valence-corrected chi connectivity index (χ3v) is 2.19. The van der Waals surface area contributed by atoms with Gasteiger partial charge < -0.3 is 9.47 Å². The highest BCUT2D eigenvalue weighted by molar-refractivity contribution is 5.71. The number of esters is 1. The Kier molecular flexibility index (Phi) is 5.46. The molecule has 0 bridgehead atoms. The second-order valence-corrected chi connectivity index (χ2v) is 3.80. The van der Waals surface area contributed by atoms with Crippen LogP contribution < -0.4 is 4.74 Å². The van der Waals surface area contributed by atoms with Crippen molar-refractivity contribution in [2.24, 2.45) is 0 Å². The van der Waals surface area contributed by atoms with Crippen LogP contribution >= 0.6 is 0 Å². The van der Waals surface area contributed by atoms with Crippen molar-refractivity contribution in [3.63, 3.8) is 0 Å². The molecule has 0 aliphatic heterocycles. The summed E-state index contributed by atoms with van der Waals surface area (Å²) in [5, 5.41) is 0. The molecule has 4 heteroatoms. The Balaban J connectivity index is 2.39. The van der Waals surface area contributed by atoms with E-state index in [1.165, 1.54) is 6.07 Å². The van der Waals surface area contributed by atoms with E-state index in [9.17, 15) is 9.18 Å². The fourth-order valence-corrected chi connectivity index (χ4v) is 1.23. The first kappa shape index (κ1) is 13.5. The molecule has 0 amide bonds. The maximum atomic E-state index is 13.2. The fraction of sp³-hybridized carbons (Fsp3) is 0.462. The largest absolute Gasteiger partial charge is 0.479 e. The van der Waals surface area contributed by atoms with Crippen LogP contribution in [0.1, 0.15) is 25.3 Å². The van der Waals surface area contributed by atoms with Crippen molar-refractivity contribution < 1.29 is 18.7 Å². The predicted molar refractivity (Wildman–Crippen MR) is 62.5 cm³/mol. The summed E-state index contributed by atoms with van der Waals surface area (Å²) in [7, 11) is 0. The molecule has 0 spiro atoms. The molecular weight excluding hydrogens is 223 g/mol. The van der Waals surface area contributed by atoms with E-state index in [1.54, 1.807) is 12.1 Å². The van der Waals surface area contributed by atoms with Gasteiger partial charge in [0.05, 0.1) is 6.61 Å². The van der Waals surface area contributed by atoms with Crippen molar-refractivity contribution >= 4 is 5.97 Å². The van der Waals surface area contributed by atoms with Crippen molar-refractivity contribution in [2.75, 3.05) is 13.2 Å². The minimum Gasteiger partial charge on any atom is -0.479 e. The van der Waals surface area contributed by atoms with Gasteiger partial charge in [-0.1, -0.05) is 19.4 Å². The maximum absolute atomic E-state index is 13.2. The third-order valence-electron chi connectivity index (χ3n) is 2.19. The van der Waals surface area contributed by atoms with Crippen LogP contribution in [0, 0.1) is 12.7 Å². The van der Waals surface area contributed by atoms with Crippen LogP contribution in [-0.2, 0) is 9.53 Å². The van der Waals surface area contributed by atoms with Crippen LogP contribution in [0.3, 0.4) is 0 Å². The van der Waals surface area contributed by atoms with E-state index >= 15 is 0 Å². The second-order valence-electron chi connectivity index (χ2n) is 3.80. The number of ether oxygens (including phenoxy) is 2. The van der Waals surface area contributed by atoms with Crippen molar-refractivity contribution in [1.29, 1.82) is 0 Å². The quantitative estimate of drug-likeness (QED) is 0.566. The highest BCUT2D eigenvalue weighted by Gasteiger charge is 2.07. The summed E-state index contributed by atoms with van der Waals surface area (Å²) in [6.07, 6.45) is 1.78. The standard InChI is InChI=1S/C13H17FO3/c1-3-4-7-16-13(15)9-17-12-8-10(2)5-6-11(12)14/h5-6,8H,3-4,7,9H2,1-2H3. The van der Waals surface area contributed by atoms with Gasteiger partial charge in [0.2, 0.25) is 0 Å². The van der Waals surface area contributed by atoms with E-state index in [1.807, 2.05) is 13.8 Å². The minimum absolute atomic E-state index is 0.0810. The first-order valence-electron chi connectivity index (χ1n) is 5.68. The van der Waals surface area contributed by atoms with Crippen LogP contribution in [0.2, 0.25) is 0 Å². The summed E-state index contributed by atoms with van der Waals surface area (Å²) in [6.45, 7) is 3.96. The molecule has 0 N–H and O–H groups in total. The molecular formula is C13H17FO3.